The van der Waals surface area contributed by atoms with Crippen molar-refractivity contribution in [3.05, 3.63) is 47.8 Å². The van der Waals surface area contributed by atoms with E-state index in [0.29, 0.717) is 0 Å². The quantitative estimate of drug-likeness (QED) is 0.813. The van der Waals surface area contributed by atoms with Gasteiger partial charge < -0.3 is 5.73 Å². The Labute approximate surface area is 96.8 Å². The maximum Gasteiger partial charge on any atom is 0.270 e. The first-order valence-corrected chi connectivity index (χ1v) is 5.03. The minimum atomic E-state index is -0.622. The van der Waals surface area contributed by atoms with Crippen molar-refractivity contribution in [3.63, 3.8) is 0 Å². The number of halogens is 1. The van der Waals surface area contributed by atoms with Crippen molar-refractivity contribution >= 4 is 17.5 Å². The van der Waals surface area contributed by atoms with Crippen molar-refractivity contribution in [1.82, 2.24) is 15.0 Å². The Morgan fingerprint density at radius 2 is 2.06 bits per heavy atom. The lowest BCUT2D eigenvalue weighted by atomic mass is 10.2. The summed E-state index contributed by atoms with van der Waals surface area (Å²) in [6, 6.07) is 9.36. The molecule has 0 spiro atoms. The number of hydrogen-bond donors (Lipinski definition) is 1. The van der Waals surface area contributed by atoms with E-state index in [0.717, 1.165) is 5.56 Å². The molecule has 0 saturated heterocycles. The molecule has 0 fully saturated rings. The van der Waals surface area contributed by atoms with Crippen molar-refractivity contribution < 1.29 is 4.79 Å². The fourth-order valence-corrected chi connectivity index (χ4v) is 1.51. The van der Waals surface area contributed by atoms with Crippen LogP contribution in [0, 0.1) is 0 Å². The molecule has 1 amide bonds. The number of nitrogens with zero attached hydrogens (tertiary/aromatic N) is 3. The summed E-state index contributed by atoms with van der Waals surface area (Å²) in [6.45, 7) is 0. The predicted molar refractivity (Wildman–Crippen MR) is 59.0 cm³/mol. The van der Waals surface area contributed by atoms with Gasteiger partial charge in [0.1, 0.15) is 0 Å². The van der Waals surface area contributed by atoms with E-state index in [1.54, 1.807) is 0 Å². The number of primary amides is 1. The van der Waals surface area contributed by atoms with E-state index in [9.17, 15) is 4.79 Å². The van der Waals surface area contributed by atoms with Gasteiger partial charge in [0.05, 0.1) is 6.20 Å². The molecule has 0 aliphatic carbocycles. The first-order chi connectivity index (χ1) is 7.68. The van der Waals surface area contributed by atoms with Gasteiger partial charge in [-0.2, -0.15) is 0 Å². The van der Waals surface area contributed by atoms with Crippen LogP contribution in [0.15, 0.2) is 36.5 Å². The first kappa shape index (κ1) is 10.6. The second kappa shape index (κ2) is 4.32. The van der Waals surface area contributed by atoms with Crippen LogP contribution in [-0.4, -0.2) is 20.9 Å². The fraction of sp³-hybridized carbons (Fsp3) is 0.100. The van der Waals surface area contributed by atoms with Gasteiger partial charge in [-0.15, -0.1) is 5.10 Å². The Morgan fingerprint density at radius 3 is 2.62 bits per heavy atom. The molecule has 1 heterocycles. The summed E-state index contributed by atoms with van der Waals surface area (Å²) >= 11 is 6.16. The van der Waals surface area contributed by atoms with Crippen LogP contribution in [0.1, 0.15) is 21.6 Å². The van der Waals surface area contributed by atoms with E-state index >= 15 is 0 Å². The molecular weight excluding hydrogens is 228 g/mol. The normalized spacial score (nSPS) is 12.3. The van der Waals surface area contributed by atoms with Gasteiger partial charge in [0.25, 0.3) is 5.91 Å². The van der Waals surface area contributed by atoms with Crippen LogP contribution >= 0.6 is 11.6 Å². The molecule has 1 aromatic heterocycles. The van der Waals surface area contributed by atoms with Crippen LogP contribution in [0.25, 0.3) is 0 Å². The maximum absolute atomic E-state index is 10.8. The van der Waals surface area contributed by atoms with Crippen molar-refractivity contribution in [3.8, 4) is 0 Å². The average Bonchev–Trinajstić information content (AvgIpc) is 2.78. The zero-order chi connectivity index (χ0) is 11.5. The number of aromatic nitrogens is 3. The third-order valence-corrected chi connectivity index (χ3v) is 2.52. The Kier molecular flexibility index (Phi) is 2.87. The van der Waals surface area contributed by atoms with E-state index in [1.807, 2.05) is 30.3 Å². The first-order valence-electron chi connectivity index (χ1n) is 4.59. The number of hydrogen-bond acceptors (Lipinski definition) is 3. The number of alkyl halides is 1. The summed E-state index contributed by atoms with van der Waals surface area (Å²) in [4.78, 5) is 10.8. The zero-order valence-corrected chi connectivity index (χ0v) is 9.00. The van der Waals surface area contributed by atoms with E-state index in [4.69, 9.17) is 17.3 Å². The van der Waals surface area contributed by atoms with Gasteiger partial charge in [-0.1, -0.05) is 47.1 Å². The fourth-order valence-electron chi connectivity index (χ4n) is 1.27. The Morgan fingerprint density at radius 1 is 1.38 bits per heavy atom. The summed E-state index contributed by atoms with van der Waals surface area (Å²) in [6.07, 6.45) is 1.42. The molecule has 1 unspecified atom stereocenters. The lowest BCUT2D eigenvalue weighted by molar-refractivity contribution is 0.0995. The molecule has 2 N–H and O–H groups in total. The lowest BCUT2D eigenvalue weighted by Gasteiger charge is -2.08. The van der Waals surface area contributed by atoms with Gasteiger partial charge in [0.15, 0.2) is 11.2 Å². The van der Waals surface area contributed by atoms with Crippen LogP contribution in [0.2, 0.25) is 0 Å². The molecule has 0 aliphatic heterocycles. The minimum Gasteiger partial charge on any atom is -0.364 e. The average molecular weight is 237 g/mol. The number of amides is 1. The number of benzene rings is 1. The van der Waals surface area contributed by atoms with Crippen LogP contribution in [-0.2, 0) is 0 Å². The van der Waals surface area contributed by atoms with E-state index in [-0.39, 0.29) is 5.69 Å². The minimum absolute atomic E-state index is 0.0987. The molecule has 2 aromatic rings. The van der Waals surface area contributed by atoms with E-state index in [1.165, 1.54) is 10.9 Å². The number of carbonyl (C=O) groups is 1. The molecule has 0 radical (unpaired) electrons. The highest BCUT2D eigenvalue weighted by molar-refractivity contribution is 6.20. The lowest BCUT2D eigenvalue weighted by Crippen LogP contribution is -2.11. The molecule has 0 aliphatic rings. The van der Waals surface area contributed by atoms with Crippen LogP contribution < -0.4 is 5.73 Å². The predicted octanol–water partition coefficient (Wildman–Crippen LogP) is 1.16. The summed E-state index contributed by atoms with van der Waals surface area (Å²) in [5, 5.41) is 7.36. The highest BCUT2D eigenvalue weighted by atomic mass is 35.5. The standard InChI is InChI=1S/C10H9ClN4O/c11-9(7-4-2-1-3-5-7)15-6-8(10(12)16)13-14-15/h1-6,9H,(H2,12,16). The zero-order valence-electron chi connectivity index (χ0n) is 8.25. The van der Waals surface area contributed by atoms with Crippen molar-refractivity contribution in [2.75, 3.05) is 0 Å². The maximum atomic E-state index is 10.8. The monoisotopic (exact) mass is 236 g/mol. The number of carbonyl (C=O) groups excluding carboxylic acids is 1. The van der Waals surface area contributed by atoms with Gasteiger partial charge >= 0.3 is 0 Å². The summed E-state index contributed by atoms with van der Waals surface area (Å²) in [5.41, 5.74) is 5.53. The van der Waals surface area contributed by atoms with Gasteiger partial charge in [-0.05, 0) is 5.56 Å². The summed E-state index contributed by atoms with van der Waals surface area (Å²) < 4.78 is 1.39. The molecule has 2 rings (SSSR count). The molecule has 6 heteroatoms. The third kappa shape index (κ3) is 2.04. The van der Waals surface area contributed by atoms with Gasteiger partial charge in [-0.25, -0.2) is 4.68 Å². The molecule has 16 heavy (non-hydrogen) atoms. The van der Waals surface area contributed by atoms with Gasteiger partial charge in [0.2, 0.25) is 0 Å². The second-order valence-electron chi connectivity index (χ2n) is 3.19. The second-order valence-corrected chi connectivity index (χ2v) is 3.61. The van der Waals surface area contributed by atoms with Crippen LogP contribution in [0.4, 0.5) is 0 Å². The molecule has 5 nitrogen and oxygen atoms in total. The van der Waals surface area contributed by atoms with Crippen molar-refractivity contribution in [1.29, 1.82) is 0 Å². The third-order valence-electron chi connectivity index (χ3n) is 2.07. The molecule has 1 aromatic carbocycles. The summed E-state index contributed by atoms with van der Waals surface area (Å²) in [7, 11) is 0. The highest BCUT2D eigenvalue weighted by Gasteiger charge is 2.13. The Bertz CT molecular complexity index is 497. The van der Waals surface area contributed by atoms with Crippen molar-refractivity contribution in [2.45, 2.75) is 5.50 Å². The molecule has 0 saturated carbocycles. The van der Waals surface area contributed by atoms with E-state index < -0.39 is 11.4 Å². The van der Waals surface area contributed by atoms with Crippen LogP contribution in [0.5, 0.6) is 0 Å². The van der Waals surface area contributed by atoms with Crippen LogP contribution in [0.3, 0.4) is 0 Å². The topological polar surface area (TPSA) is 73.8 Å². The Hall–Kier alpha value is -1.88. The largest absolute Gasteiger partial charge is 0.364 e. The molecule has 1 atom stereocenters. The van der Waals surface area contributed by atoms with Gasteiger partial charge in [0, 0.05) is 0 Å². The molecule has 0 bridgehead atoms. The summed E-state index contributed by atoms with van der Waals surface area (Å²) in [5.74, 6) is -0.622. The van der Waals surface area contributed by atoms with Gasteiger partial charge in [-0.3, -0.25) is 4.79 Å². The number of nitrogens with two attached hydrogens (primary N) is 1. The SMILES string of the molecule is NC(=O)c1cn(C(Cl)c2ccccc2)nn1. The van der Waals surface area contributed by atoms with Crippen molar-refractivity contribution in [2.24, 2.45) is 5.73 Å². The smallest absolute Gasteiger partial charge is 0.270 e. The number of rotatable bonds is 3. The Balaban J connectivity index is 2.27. The highest BCUT2D eigenvalue weighted by Crippen LogP contribution is 2.21. The molecule has 82 valence electrons. The van der Waals surface area contributed by atoms with E-state index in [2.05, 4.69) is 10.3 Å². The molecular formula is C10H9ClN4O.